The lowest BCUT2D eigenvalue weighted by molar-refractivity contribution is -0.158. The Morgan fingerprint density at radius 2 is 1.20 bits per heavy atom. The first-order chi connectivity index (χ1) is 23.3. The summed E-state index contributed by atoms with van der Waals surface area (Å²) in [5.74, 6) is -0.468. The Bertz CT molecular complexity index is 1100. The molecule has 3 atom stereocenters. The van der Waals surface area contributed by atoms with E-state index in [1.807, 2.05) is 0 Å². The van der Waals surface area contributed by atoms with Crippen LogP contribution in [0, 0.1) is 17.8 Å². The van der Waals surface area contributed by atoms with Crippen molar-refractivity contribution in [2.24, 2.45) is 17.8 Å². The molecule has 0 bridgehead atoms. The van der Waals surface area contributed by atoms with E-state index in [4.69, 9.17) is 18.9 Å². The van der Waals surface area contributed by atoms with Gasteiger partial charge in [-0.25, -0.2) is 0 Å². The fourth-order valence-electron chi connectivity index (χ4n) is 8.52. The summed E-state index contributed by atoms with van der Waals surface area (Å²) in [6.45, 7) is 28.3. The topological polar surface area (TPSA) is 97.9 Å². The summed E-state index contributed by atoms with van der Waals surface area (Å²) in [6.07, 6.45) is 4.15. The molecule has 10 heteroatoms. The van der Waals surface area contributed by atoms with Crippen LogP contribution >= 0.6 is 0 Å². The Hall–Kier alpha value is -1.75. The van der Waals surface area contributed by atoms with Crippen LogP contribution in [0.1, 0.15) is 141 Å². The van der Waals surface area contributed by atoms with E-state index in [1.54, 1.807) is 7.11 Å². The maximum absolute atomic E-state index is 13.5. The first-order valence-corrected chi connectivity index (χ1v) is 19.5. The molecule has 0 saturated carbocycles. The first kappa shape index (κ1) is 45.4. The maximum Gasteiger partial charge on any atom is 0.308 e. The van der Waals surface area contributed by atoms with Gasteiger partial charge in [0.15, 0.2) is 0 Å². The van der Waals surface area contributed by atoms with Crippen molar-refractivity contribution in [1.82, 2.24) is 14.7 Å². The number of carbonyl (C=O) groups excluding carboxylic acids is 3. The smallest absolute Gasteiger partial charge is 0.308 e. The van der Waals surface area contributed by atoms with E-state index in [0.717, 1.165) is 32.2 Å². The van der Waals surface area contributed by atoms with Crippen LogP contribution in [-0.2, 0) is 33.3 Å². The van der Waals surface area contributed by atoms with Crippen LogP contribution in [-0.4, -0.2) is 121 Å². The third-order valence-corrected chi connectivity index (χ3v) is 13.7. The quantitative estimate of drug-likeness (QED) is 0.0955. The number of nitrogens with zero attached hydrogens (tertiary/aromatic N) is 3. The molecule has 0 aromatic heterocycles. The average molecular weight is 724 g/mol. The number of carbonyl (C=O) groups is 3. The van der Waals surface area contributed by atoms with Crippen molar-refractivity contribution in [3.8, 4) is 0 Å². The summed E-state index contributed by atoms with van der Waals surface area (Å²) >= 11 is 0. The van der Waals surface area contributed by atoms with Gasteiger partial charge in [-0.15, -0.1) is 0 Å². The van der Waals surface area contributed by atoms with Gasteiger partial charge in [0, 0.05) is 59.5 Å². The lowest BCUT2D eigenvalue weighted by Crippen LogP contribution is -2.47. The van der Waals surface area contributed by atoms with Gasteiger partial charge in [-0.05, 0) is 141 Å². The number of hydrogen-bond acceptors (Lipinski definition) is 10. The fraction of sp³-hybridized carbons (Fsp3) is 0.927. The highest BCUT2D eigenvalue weighted by Crippen LogP contribution is 2.45. The number of rotatable bonds is 20. The first-order valence-electron chi connectivity index (χ1n) is 19.5. The van der Waals surface area contributed by atoms with E-state index in [-0.39, 0.29) is 89.5 Å². The highest BCUT2D eigenvalue weighted by molar-refractivity contribution is 5.73. The summed E-state index contributed by atoms with van der Waals surface area (Å²) in [5, 5.41) is 0. The minimum atomic E-state index is -1.08. The number of esters is 3. The van der Waals surface area contributed by atoms with E-state index in [1.165, 1.54) is 0 Å². The van der Waals surface area contributed by atoms with Crippen LogP contribution in [0.3, 0.4) is 0 Å². The molecular formula is C41H77N3O7. The van der Waals surface area contributed by atoms with E-state index in [2.05, 4.69) is 119 Å². The fourth-order valence-corrected chi connectivity index (χ4v) is 8.52. The molecule has 3 unspecified atom stereocenters. The van der Waals surface area contributed by atoms with Crippen molar-refractivity contribution >= 4 is 17.9 Å². The van der Waals surface area contributed by atoms with Crippen molar-refractivity contribution in [2.75, 3.05) is 54.6 Å². The molecule has 0 aromatic rings. The van der Waals surface area contributed by atoms with E-state index in [9.17, 15) is 14.4 Å². The van der Waals surface area contributed by atoms with Crippen LogP contribution < -0.4 is 0 Å². The third-order valence-electron chi connectivity index (χ3n) is 13.7. The molecule has 0 N–H and O–H groups in total. The number of likely N-dealkylation sites (tertiary alicyclic amines) is 2. The Morgan fingerprint density at radius 3 is 1.53 bits per heavy atom. The molecular weight excluding hydrogens is 646 g/mol. The van der Waals surface area contributed by atoms with Gasteiger partial charge in [-0.1, -0.05) is 13.8 Å². The second-order valence-electron chi connectivity index (χ2n) is 18.8. The standard InChI is InChI=1S/C41H77N3O7/c1-17-30(23-36(3,4)42(13)18-2)27-49-35(47)26-41(48-16,21-19-33(45)50-28-31-24-37(5,6)43(14)39(31,9)10)22-20-34(46)51-29-32-25-38(7,8)44(15)40(32,11)12/h30-32H,17-29H2,1-16H3. The second kappa shape index (κ2) is 17.6. The number of hydrogen-bond donors (Lipinski definition) is 0. The number of methoxy groups -OCH3 is 1. The van der Waals surface area contributed by atoms with E-state index >= 15 is 0 Å². The Kier molecular flexibility index (Phi) is 15.7. The van der Waals surface area contributed by atoms with Crippen molar-refractivity contribution in [2.45, 2.75) is 174 Å². The average Bonchev–Trinajstić information content (AvgIpc) is 3.32. The predicted molar refractivity (Wildman–Crippen MR) is 205 cm³/mol. The molecule has 298 valence electrons. The summed E-state index contributed by atoms with van der Waals surface area (Å²) in [7, 11) is 7.91. The number of ether oxygens (including phenoxy) is 4. The van der Waals surface area contributed by atoms with Gasteiger partial charge in [0.25, 0.3) is 0 Å². The molecule has 2 rings (SSSR count). The largest absolute Gasteiger partial charge is 0.465 e. The zero-order valence-corrected chi connectivity index (χ0v) is 35.6. The van der Waals surface area contributed by atoms with Gasteiger partial charge in [0.2, 0.25) is 0 Å². The third kappa shape index (κ3) is 11.6. The molecule has 2 aliphatic rings. The minimum absolute atomic E-state index is 0.0128. The Balaban J connectivity index is 2.11. The lowest BCUT2D eigenvalue weighted by Gasteiger charge is -2.38. The SMILES string of the molecule is CCC(COC(=O)CC(CCC(=O)OCC1CC(C)(C)N(C)C1(C)C)(CCC(=O)OCC1CC(C)(C)N(C)C1(C)C)OC)CC(C)(C)N(C)CC. The van der Waals surface area contributed by atoms with Gasteiger partial charge >= 0.3 is 17.9 Å². The zero-order valence-electron chi connectivity index (χ0n) is 35.6. The van der Waals surface area contributed by atoms with Crippen molar-refractivity contribution < 1.29 is 33.3 Å². The van der Waals surface area contributed by atoms with Crippen LogP contribution in [0.5, 0.6) is 0 Å². The Morgan fingerprint density at radius 1 is 0.765 bits per heavy atom. The predicted octanol–water partition coefficient (Wildman–Crippen LogP) is 7.12. The molecule has 2 fully saturated rings. The Labute approximate surface area is 312 Å². The molecule has 0 amide bonds. The van der Waals surface area contributed by atoms with Gasteiger partial charge in [-0.2, -0.15) is 0 Å². The lowest BCUT2D eigenvalue weighted by atomic mass is 9.87. The van der Waals surface area contributed by atoms with E-state index < -0.39 is 11.6 Å². The summed E-state index contributed by atoms with van der Waals surface area (Å²) in [6, 6.07) is 0. The normalized spacial score (nSPS) is 24.6. The van der Waals surface area contributed by atoms with Crippen LogP contribution in [0.4, 0.5) is 0 Å². The molecule has 2 heterocycles. The highest BCUT2D eigenvalue weighted by atomic mass is 16.5. The second-order valence-corrected chi connectivity index (χ2v) is 18.8. The molecule has 51 heavy (non-hydrogen) atoms. The minimum Gasteiger partial charge on any atom is -0.465 e. The van der Waals surface area contributed by atoms with E-state index in [0.29, 0.717) is 19.8 Å². The summed E-state index contributed by atoms with van der Waals surface area (Å²) in [5.41, 5.74) is -1.31. The maximum atomic E-state index is 13.5. The molecule has 2 saturated heterocycles. The van der Waals surface area contributed by atoms with Crippen molar-refractivity contribution in [3.63, 3.8) is 0 Å². The van der Waals surface area contributed by atoms with Gasteiger partial charge in [0.05, 0.1) is 31.8 Å². The van der Waals surface area contributed by atoms with Gasteiger partial charge in [0.1, 0.15) is 0 Å². The summed E-state index contributed by atoms with van der Waals surface area (Å²) in [4.78, 5) is 46.9. The van der Waals surface area contributed by atoms with Gasteiger partial charge < -0.3 is 23.8 Å². The monoisotopic (exact) mass is 724 g/mol. The molecule has 0 aliphatic carbocycles. The highest BCUT2D eigenvalue weighted by Gasteiger charge is 2.50. The van der Waals surface area contributed by atoms with Crippen LogP contribution in [0.25, 0.3) is 0 Å². The summed E-state index contributed by atoms with van der Waals surface area (Å²) < 4.78 is 23.6. The van der Waals surface area contributed by atoms with Crippen LogP contribution in [0.15, 0.2) is 0 Å². The zero-order chi connectivity index (χ0) is 39.2. The van der Waals surface area contributed by atoms with Crippen LogP contribution in [0.2, 0.25) is 0 Å². The van der Waals surface area contributed by atoms with Gasteiger partial charge in [-0.3, -0.25) is 24.2 Å². The van der Waals surface area contributed by atoms with Crippen molar-refractivity contribution in [1.29, 1.82) is 0 Å². The molecule has 0 radical (unpaired) electrons. The van der Waals surface area contributed by atoms with Crippen molar-refractivity contribution in [3.05, 3.63) is 0 Å². The molecule has 10 nitrogen and oxygen atoms in total. The molecule has 2 aliphatic heterocycles. The molecule has 0 spiro atoms. The molecule has 0 aromatic carbocycles.